The number of nitrogens with zero attached hydrogens (tertiary/aromatic N) is 6. The van der Waals surface area contributed by atoms with Crippen LogP contribution in [0.25, 0.3) is 22.3 Å². The molecule has 6 aromatic rings. The predicted octanol–water partition coefficient (Wildman–Crippen LogP) is 7.58. The lowest BCUT2D eigenvalue weighted by Gasteiger charge is -2.12. The lowest BCUT2D eigenvalue weighted by molar-refractivity contribution is 0.112. The van der Waals surface area contributed by atoms with Gasteiger partial charge >= 0.3 is 0 Å². The van der Waals surface area contributed by atoms with Gasteiger partial charge in [-0.1, -0.05) is 54.4 Å². The number of halogens is 3. The molecule has 44 heavy (non-hydrogen) atoms. The summed E-state index contributed by atoms with van der Waals surface area (Å²) in [6, 6.07) is 21.1. The normalized spacial score (nSPS) is 11.3. The zero-order valence-electron chi connectivity index (χ0n) is 23.8. The summed E-state index contributed by atoms with van der Waals surface area (Å²) >= 11 is 12.6. The van der Waals surface area contributed by atoms with E-state index in [1.54, 1.807) is 30.6 Å². The van der Waals surface area contributed by atoms with Crippen molar-refractivity contribution in [3.63, 3.8) is 0 Å². The number of aromatic nitrogens is 6. The van der Waals surface area contributed by atoms with E-state index in [4.69, 9.17) is 32.9 Å². The molecular weight excluding hydrogens is 602 g/mol. The number of fused-ring (bicyclic) bond motifs is 1. The summed E-state index contributed by atoms with van der Waals surface area (Å²) in [5.41, 5.74) is 4.89. The van der Waals surface area contributed by atoms with Crippen LogP contribution in [0.5, 0.6) is 5.88 Å². The third-order valence-corrected chi connectivity index (χ3v) is 7.78. The molecule has 0 aliphatic carbocycles. The predicted molar refractivity (Wildman–Crippen MR) is 168 cm³/mol. The topological polar surface area (TPSA) is 87.7 Å². The van der Waals surface area contributed by atoms with Gasteiger partial charge in [-0.05, 0) is 54.4 Å². The third kappa shape index (κ3) is 6.34. The number of ether oxygens (including phenoxy) is 1. The minimum absolute atomic E-state index is 0.0101. The lowest BCUT2D eigenvalue weighted by Crippen LogP contribution is -2.11. The van der Waals surface area contributed by atoms with E-state index in [1.807, 2.05) is 47.0 Å². The van der Waals surface area contributed by atoms with Crippen molar-refractivity contribution in [2.75, 3.05) is 0 Å². The number of carbonyl (C=O) groups excluding carboxylic acids is 1. The summed E-state index contributed by atoms with van der Waals surface area (Å²) in [6.45, 7) is 3.37. The van der Waals surface area contributed by atoms with Crippen molar-refractivity contribution in [3.05, 3.63) is 123 Å². The highest BCUT2D eigenvalue weighted by Crippen LogP contribution is 2.30. The zero-order valence-corrected chi connectivity index (χ0v) is 25.3. The van der Waals surface area contributed by atoms with Gasteiger partial charge in [0.1, 0.15) is 30.9 Å². The Bertz CT molecular complexity index is 1970. The standard InChI is InChI=1S/C33H27Cl2FN6O2/c1-2-12-41-20-37-40-32(41)17-42-30-14-22(18-43)7-11-29(30)38-31(42)15-21-6-10-25(26(35)13-21)28-4-3-5-33(39-28)44-19-23-8-9-24(34)16-27(23)36/h3-11,13-14,16,18,20H,2,12,15,17,19H2,1H3. The Hall–Kier alpha value is -4.60. The lowest BCUT2D eigenvalue weighted by atomic mass is 10.1. The summed E-state index contributed by atoms with van der Waals surface area (Å²) in [5.74, 6) is 1.52. The highest BCUT2D eigenvalue weighted by Gasteiger charge is 2.17. The number of imidazole rings is 1. The third-order valence-electron chi connectivity index (χ3n) is 7.23. The van der Waals surface area contributed by atoms with Gasteiger partial charge in [0.05, 0.1) is 28.3 Å². The van der Waals surface area contributed by atoms with Crippen molar-refractivity contribution >= 4 is 40.5 Å². The van der Waals surface area contributed by atoms with Gasteiger partial charge in [0.15, 0.2) is 5.82 Å². The number of hydrogen-bond donors (Lipinski definition) is 0. The Morgan fingerprint density at radius 1 is 0.977 bits per heavy atom. The highest BCUT2D eigenvalue weighted by atomic mass is 35.5. The van der Waals surface area contributed by atoms with Gasteiger partial charge in [-0.3, -0.25) is 4.79 Å². The first-order chi connectivity index (χ1) is 21.4. The summed E-state index contributed by atoms with van der Waals surface area (Å²) in [4.78, 5) is 21.0. The molecule has 0 N–H and O–H groups in total. The molecule has 0 saturated heterocycles. The molecule has 0 amide bonds. The molecule has 8 nitrogen and oxygen atoms in total. The van der Waals surface area contributed by atoms with Crippen LogP contribution in [0.3, 0.4) is 0 Å². The van der Waals surface area contributed by atoms with Gasteiger partial charge in [-0.2, -0.15) is 0 Å². The summed E-state index contributed by atoms with van der Waals surface area (Å²) < 4.78 is 24.0. The average molecular weight is 630 g/mol. The zero-order chi connectivity index (χ0) is 30.6. The molecule has 3 aromatic carbocycles. The van der Waals surface area contributed by atoms with Crippen LogP contribution in [0.1, 0.15) is 46.5 Å². The van der Waals surface area contributed by atoms with Crippen LogP contribution in [0.2, 0.25) is 10.0 Å². The van der Waals surface area contributed by atoms with E-state index in [2.05, 4.69) is 26.7 Å². The minimum Gasteiger partial charge on any atom is -0.473 e. The van der Waals surface area contributed by atoms with Gasteiger partial charge in [0, 0.05) is 40.7 Å². The highest BCUT2D eigenvalue weighted by molar-refractivity contribution is 6.33. The van der Waals surface area contributed by atoms with Crippen LogP contribution in [-0.2, 0) is 26.1 Å². The van der Waals surface area contributed by atoms with E-state index in [0.29, 0.717) is 45.7 Å². The second-order valence-corrected chi connectivity index (χ2v) is 11.1. The smallest absolute Gasteiger partial charge is 0.214 e. The number of hydrogen-bond acceptors (Lipinski definition) is 6. The Kier molecular flexibility index (Phi) is 8.67. The number of benzene rings is 3. The van der Waals surface area contributed by atoms with Crippen molar-refractivity contribution in [2.45, 2.75) is 39.5 Å². The molecule has 0 spiro atoms. The second kappa shape index (κ2) is 13.0. The first-order valence-corrected chi connectivity index (χ1v) is 14.8. The molecule has 0 saturated carbocycles. The largest absolute Gasteiger partial charge is 0.473 e. The SMILES string of the molecule is CCCn1cnnc1Cn1c(Cc2ccc(-c3cccc(OCc4ccc(Cl)cc4F)n3)c(Cl)c2)nc2ccc(C=O)cc21. The van der Waals surface area contributed by atoms with Gasteiger partial charge in [-0.25, -0.2) is 14.4 Å². The van der Waals surface area contributed by atoms with Crippen LogP contribution in [0, 0.1) is 5.82 Å². The first-order valence-electron chi connectivity index (χ1n) is 14.1. The Balaban J connectivity index is 1.26. The molecular formula is C33H27Cl2FN6O2. The average Bonchev–Trinajstić information content (AvgIpc) is 3.60. The Labute approximate surface area is 263 Å². The molecule has 0 aliphatic heterocycles. The molecule has 3 heterocycles. The van der Waals surface area contributed by atoms with E-state index >= 15 is 0 Å². The van der Waals surface area contributed by atoms with E-state index in [0.717, 1.165) is 53.1 Å². The van der Waals surface area contributed by atoms with Crippen molar-refractivity contribution in [1.29, 1.82) is 0 Å². The van der Waals surface area contributed by atoms with Crippen LogP contribution in [-0.4, -0.2) is 35.6 Å². The van der Waals surface area contributed by atoms with Gasteiger partial charge in [-0.15, -0.1) is 10.2 Å². The molecule has 0 fully saturated rings. The van der Waals surface area contributed by atoms with Crippen LogP contribution >= 0.6 is 23.2 Å². The fourth-order valence-electron chi connectivity index (χ4n) is 5.04. The molecule has 0 bridgehead atoms. The summed E-state index contributed by atoms with van der Waals surface area (Å²) in [6.07, 6.45) is 4.01. The molecule has 0 atom stereocenters. The van der Waals surface area contributed by atoms with Gasteiger partial charge in [0.25, 0.3) is 0 Å². The molecule has 3 aromatic heterocycles. The quantitative estimate of drug-likeness (QED) is 0.137. The fourth-order valence-corrected chi connectivity index (χ4v) is 5.50. The van der Waals surface area contributed by atoms with E-state index in [9.17, 15) is 9.18 Å². The van der Waals surface area contributed by atoms with E-state index in [1.165, 1.54) is 6.07 Å². The number of carbonyl (C=O) groups is 1. The monoisotopic (exact) mass is 628 g/mol. The molecule has 0 aliphatic rings. The molecule has 11 heteroatoms. The summed E-state index contributed by atoms with van der Waals surface area (Å²) in [5, 5.41) is 9.29. The minimum atomic E-state index is -0.437. The molecule has 6 rings (SSSR count). The van der Waals surface area contributed by atoms with Crippen LogP contribution < -0.4 is 4.74 Å². The van der Waals surface area contributed by atoms with Crippen molar-refractivity contribution < 1.29 is 13.9 Å². The second-order valence-electron chi connectivity index (χ2n) is 10.3. The van der Waals surface area contributed by atoms with Crippen LogP contribution in [0.4, 0.5) is 4.39 Å². The maximum absolute atomic E-state index is 14.2. The molecule has 0 unspecified atom stereocenters. The number of pyridine rings is 1. The van der Waals surface area contributed by atoms with Gasteiger partial charge < -0.3 is 13.9 Å². The maximum Gasteiger partial charge on any atom is 0.214 e. The number of rotatable bonds is 11. The number of aryl methyl sites for hydroxylation is 1. The van der Waals surface area contributed by atoms with Crippen molar-refractivity contribution in [2.24, 2.45) is 0 Å². The summed E-state index contributed by atoms with van der Waals surface area (Å²) in [7, 11) is 0. The Morgan fingerprint density at radius 2 is 1.86 bits per heavy atom. The van der Waals surface area contributed by atoms with E-state index in [-0.39, 0.29) is 6.61 Å². The number of aldehydes is 1. The van der Waals surface area contributed by atoms with Gasteiger partial charge in [0.2, 0.25) is 5.88 Å². The Morgan fingerprint density at radius 3 is 2.66 bits per heavy atom. The maximum atomic E-state index is 14.2. The van der Waals surface area contributed by atoms with Crippen molar-refractivity contribution in [1.82, 2.24) is 29.3 Å². The first kappa shape index (κ1) is 29.5. The van der Waals surface area contributed by atoms with E-state index < -0.39 is 5.82 Å². The fraction of sp³-hybridized carbons (Fsp3) is 0.182. The molecule has 0 radical (unpaired) electrons. The van der Waals surface area contributed by atoms with Crippen LogP contribution in [0.15, 0.2) is 79.1 Å². The van der Waals surface area contributed by atoms with Crippen molar-refractivity contribution in [3.8, 4) is 17.1 Å². The molecule has 222 valence electrons.